The fourth-order valence-electron chi connectivity index (χ4n) is 3.48. The number of thioether (sulfide) groups is 1. The van der Waals surface area contributed by atoms with Crippen LogP contribution in [-0.4, -0.2) is 17.0 Å². The molecule has 0 aliphatic carbocycles. The lowest BCUT2D eigenvalue weighted by atomic mass is 10.1. The van der Waals surface area contributed by atoms with Gasteiger partial charge in [-0.3, -0.25) is 4.79 Å². The van der Waals surface area contributed by atoms with Gasteiger partial charge in [-0.15, -0.1) is 11.8 Å². The molecule has 33 heavy (non-hydrogen) atoms. The van der Waals surface area contributed by atoms with E-state index in [2.05, 4.69) is 5.32 Å². The van der Waals surface area contributed by atoms with Crippen molar-refractivity contribution in [3.8, 4) is 0 Å². The number of halogens is 4. The number of nitrogens with zero attached hydrogens (tertiary/aromatic N) is 1. The zero-order valence-corrected chi connectivity index (χ0v) is 18.2. The van der Waals surface area contributed by atoms with Gasteiger partial charge in [-0.1, -0.05) is 36.4 Å². The Morgan fingerprint density at radius 2 is 1.73 bits per heavy atom. The Bertz CT molecular complexity index is 1270. The molecule has 0 fully saturated rings. The third kappa shape index (κ3) is 5.57. The number of rotatable bonds is 7. The second-order valence-electron chi connectivity index (χ2n) is 7.45. The van der Waals surface area contributed by atoms with E-state index in [-0.39, 0.29) is 17.9 Å². The van der Waals surface area contributed by atoms with Gasteiger partial charge in [-0.05, 0) is 42.0 Å². The van der Waals surface area contributed by atoms with E-state index in [1.807, 2.05) is 35.0 Å². The molecule has 1 amide bonds. The maximum absolute atomic E-state index is 13.1. The van der Waals surface area contributed by atoms with E-state index < -0.39 is 17.6 Å². The van der Waals surface area contributed by atoms with Gasteiger partial charge in [0.25, 0.3) is 5.91 Å². The summed E-state index contributed by atoms with van der Waals surface area (Å²) in [4.78, 5) is 13.4. The molecule has 170 valence electrons. The molecule has 0 bridgehead atoms. The zero-order chi connectivity index (χ0) is 23.4. The SMILES string of the molecule is O=C(NCCn1cc(SCc2ccc(F)cc2)c2ccccc21)c1cccc(C(F)(F)F)c1. The molecule has 1 N–H and O–H groups in total. The third-order valence-electron chi connectivity index (χ3n) is 5.15. The highest BCUT2D eigenvalue weighted by Crippen LogP contribution is 2.32. The van der Waals surface area contributed by atoms with Gasteiger partial charge >= 0.3 is 6.18 Å². The summed E-state index contributed by atoms with van der Waals surface area (Å²) in [7, 11) is 0. The van der Waals surface area contributed by atoms with Crippen LogP contribution in [-0.2, 0) is 18.5 Å². The predicted octanol–water partition coefficient (Wildman–Crippen LogP) is 6.52. The van der Waals surface area contributed by atoms with Gasteiger partial charge in [0.1, 0.15) is 5.82 Å². The van der Waals surface area contributed by atoms with Crippen molar-refractivity contribution < 1.29 is 22.4 Å². The van der Waals surface area contributed by atoms with Gasteiger partial charge in [0.2, 0.25) is 0 Å². The minimum atomic E-state index is -4.50. The quantitative estimate of drug-likeness (QED) is 0.245. The third-order valence-corrected chi connectivity index (χ3v) is 6.26. The lowest BCUT2D eigenvalue weighted by Gasteiger charge is -2.10. The molecule has 0 saturated carbocycles. The molecule has 4 aromatic rings. The second kappa shape index (κ2) is 9.70. The first-order valence-corrected chi connectivity index (χ1v) is 11.2. The molecule has 3 aromatic carbocycles. The summed E-state index contributed by atoms with van der Waals surface area (Å²) in [6, 6.07) is 18.6. The predicted molar refractivity (Wildman–Crippen MR) is 122 cm³/mol. The highest BCUT2D eigenvalue weighted by atomic mass is 32.2. The normalized spacial score (nSPS) is 11.6. The Labute approximate surface area is 192 Å². The van der Waals surface area contributed by atoms with Gasteiger partial charge in [0.15, 0.2) is 0 Å². The summed E-state index contributed by atoms with van der Waals surface area (Å²) in [5, 5.41) is 3.76. The number of benzene rings is 3. The van der Waals surface area contributed by atoms with Crippen LogP contribution in [0.2, 0.25) is 0 Å². The van der Waals surface area contributed by atoms with Crippen LogP contribution in [0.1, 0.15) is 21.5 Å². The molecule has 0 aliphatic rings. The summed E-state index contributed by atoms with van der Waals surface area (Å²) in [5.41, 5.74) is 1.12. The van der Waals surface area contributed by atoms with Crippen molar-refractivity contribution in [2.45, 2.75) is 23.4 Å². The minimum Gasteiger partial charge on any atom is -0.350 e. The molecule has 0 spiro atoms. The smallest absolute Gasteiger partial charge is 0.350 e. The van der Waals surface area contributed by atoms with Gasteiger partial charge < -0.3 is 9.88 Å². The number of carbonyl (C=O) groups is 1. The molecule has 3 nitrogen and oxygen atoms in total. The Kier molecular flexibility index (Phi) is 6.74. The van der Waals surface area contributed by atoms with Crippen LogP contribution in [0.15, 0.2) is 83.9 Å². The molecular weight excluding hydrogens is 452 g/mol. The van der Waals surface area contributed by atoms with Crippen molar-refractivity contribution in [3.05, 3.63) is 102 Å². The Morgan fingerprint density at radius 1 is 0.970 bits per heavy atom. The highest BCUT2D eigenvalue weighted by Gasteiger charge is 2.30. The van der Waals surface area contributed by atoms with E-state index in [0.29, 0.717) is 12.3 Å². The lowest BCUT2D eigenvalue weighted by Crippen LogP contribution is -2.27. The van der Waals surface area contributed by atoms with Gasteiger partial charge in [0, 0.05) is 46.4 Å². The summed E-state index contributed by atoms with van der Waals surface area (Å²) < 4.78 is 53.8. The second-order valence-corrected chi connectivity index (χ2v) is 8.47. The van der Waals surface area contributed by atoms with E-state index in [9.17, 15) is 22.4 Å². The van der Waals surface area contributed by atoms with Crippen LogP contribution >= 0.6 is 11.8 Å². The summed E-state index contributed by atoms with van der Waals surface area (Å²) in [5.74, 6) is -0.142. The number of fused-ring (bicyclic) bond motifs is 1. The highest BCUT2D eigenvalue weighted by molar-refractivity contribution is 7.98. The number of carbonyl (C=O) groups excluding carboxylic acids is 1. The molecule has 1 aromatic heterocycles. The first kappa shape index (κ1) is 22.9. The van der Waals surface area contributed by atoms with Gasteiger partial charge in [-0.2, -0.15) is 13.2 Å². The molecular formula is C25H20F4N2OS. The Morgan fingerprint density at radius 3 is 2.48 bits per heavy atom. The van der Waals surface area contributed by atoms with Crippen LogP contribution in [0.4, 0.5) is 17.6 Å². The monoisotopic (exact) mass is 472 g/mol. The zero-order valence-electron chi connectivity index (χ0n) is 17.4. The lowest BCUT2D eigenvalue weighted by molar-refractivity contribution is -0.137. The largest absolute Gasteiger partial charge is 0.416 e. The first-order valence-electron chi connectivity index (χ1n) is 10.2. The standard InChI is InChI=1S/C25H20F4N2OS/c26-20-10-8-17(9-11-20)16-33-23-15-31(22-7-2-1-6-21(22)23)13-12-30-24(32)18-4-3-5-19(14-18)25(27,28)29/h1-11,14-15H,12-13,16H2,(H,30,32). The maximum Gasteiger partial charge on any atom is 0.416 e. The topological polar surface area (TPSA) is 34.0 Å². The fraction of sp³-hybridized carbons (Fsp3) is 0.160. The van der Waals surface area contributed by atoms with Crippen LogP contribution in [0, 0.1) is 5.82 Å². The number of para-hydroxylation sites is 1. The average molecular weight is 473 g/mol. The van der Waals surface area contributed by atoms with Gasteiger partial charge in [0.05, 0.1) is 5.56 Å². The number of aromatic nitrogens is 1. The van der Waals surface area contributed by atoms with Crippen molar-refractivity contribution in [2.24, 2.45) is 0 Å². The van der Waals surface area contributed by atoms with E-state index in [0.717, 1.165) is 33.5 Å². The van der Waals surface area contributed by atoms with E-state index in [1.54, 1.807) is 23.9 Å². The molecule has 8 heteroatoms. The molecule has 0 aliphatic heterocycles. The van der Waals surface area contributed by atoms with E-state index in [4.69, 9.17) is 0 Å². The van der Waals surface area contributed by atoms with Crippen molar-refractivity contribution >= 4 is 28.6 Å². The molecule has 4 rings (SSSR count). The number of amides is 1. The minimum absolute atomic E-state index is 0.0299. The van der Waals surface area contributed by atoms with E-state index >= 15 is 0 Å². The van der Waals surface area contributed by atoms with Crippen molar-refractivity contribution in [2.75, 3.05) is 6.54 Å². The maximum atomic E-state index is 13.1. The van der Waals surface area contributed by atoms with E-state index in [1.165, 1.54) is 24.3 Å². The molecule has 0 atom stereocenters. The van der Waals surface area contributed by atoms with Gasteiger partial charge in [-0.25, -0.2) is 4.39 Å². The molecule has 0 saturated heterocycles. The Balaban J connectivity index is 1.42. The van der Waals surface area contributed by atoms with Crippen LogP contribution in [0.5, 0.6) is 0 Å². The number of nitrogens with one attached hydrogen (secondary N) is 1. The summed E-state index contributed by atoms with van der Waals surface area (Å²) >= 11 is 1.63. The molecule has 0 radical (unpaired) electrons. The van der Waals surface area contributed by atoms with Crippen molar-refractivity contribution in [1.29, 1.82) is 0 Å². The van der Waals surface area contributed by atoms with Crippen LogP contribution in [0.25, 0.3) is 10.9 Å². The van der Waals surface area contributed by atoms with Crippen molar-refractivity contribution in [3.63, 3.8) is 0 Å². The van der Waals surface area contributed by atoms with Crippen LogP contribution < -0.4 is 5.32 Å². The number of hydrogen-bond acceptors (Lipinski definition) is 2. The average Bonchev–Trinajstić information content (AvgIpc) is 3.16. The van der Waals surface area contributed by atoms with Crippen molar-refractivity contribution in [1.82, 2.24) is 9.88 Å². The first-order chi connectivity index (χ1) is 15.8. The number of hydrogen-bond donors (Lipinski definition) is 1. The Hall–Kier alpha value is -3.26. The molecule has 0 unspecified atom stereocenters. The summed E-state index contributed by atoms with van der Waals surface area (Å²) in [6.45, 7) is 0.720. The molecule has 1 heterocycles. The number of alkyl halides is 3. The fourth-order valence-corrected chi connectivity index (χ4v) is 4.53. The van der Waals surface area contributed by atoms with Crippen LogP contribution in [0.3, 0.4) is 0 Å². The summed E-state index contributed by atoms with van der Waals surface area (Å²) in [6.07, 6.45) is -2.50.